The number of aryl methyl sites for hydroxylation is 1. The van der Waals surface area contributed by atoms with Gasteiger partial charge in [0.05, 0.1) is 12.4 Å². The van der Waals surface area contributed by atoms with Crippen LogP contribution in [0.4, 0.5) is 0 Å². The summed E-state index contributed by atoms with van der Waals surface area (Å²) in [7, 11) is 0. The molecular formula is C15H21N5O2. The molecule has 0 aromatic carbocycles. The SMILES string of the molecule is CC(C)c1nc([C@H]2CCCN2C(=O)CCn2ccnc2)no1. The maximum atomic E-state index is 12.5. The standard InChI is InChI=1S/C15H21N5O2/c1-11(2)15-17-14(18-22-15)12-4-3-7-20(12)13(21)5-8-19-9-6-16-10-19/h6,9-12H,3-5,7-8H2,1-2H3/t12-/m1/s1. The van der Waals surface area contributed by atoms with Crippen molar-refractivity contribution in [3.63, 3.8) is 0 Å². The number of carbonyl (C=O) groups is 1. The highest BCUT2D eigenvalue weighted by Crippen LogP contribution is 2.31. The molecule has 1 aliphatic heterocycles. The first kappa shape index (κ1) is 14.7. The molecule has 1 fully saturated rings. The predicted octanol–water partition coefficient (Wildman–Crippen LogP) is 2.14. The summed E-state index contributed by atoms with van der Waals surface area (Å²) in [6.45, 7) is 5.44. The van der Waals surface area contributed by atoms with Crippen LogP contribution in [0.3, 0.4) is 0 Å². The van der Waals surface area contributed by atoms with Crippen molar-refractivity contribution in [2.24, 2.45) is 0 Å². The number of nitrogens with zero attached hydrogens (tertiary/aromatic N) is 5. The Morgan fingerprint density at radius 1 is 1.50 bits per heavy atom. The van der Waals surface area contributed by atoms with Crippen molar-refractivity contribution in [1.29, 1.82) is 0 Å². The highest BCUT2D eigenvalue weighted by Gasteiger charge is 2.33. The molecule has 1 aliphatic rings. The van der Waals surface area contributed by atoms with E-state index in [4.69, 9.17) is 4.52 Å². The molecule has 0 radical (unpaired) electrons. The Bertz CT molecular complexity index is 620. The molecule has 7 heteroatoms. The van der Waals surface area contributed by atoms with Gasteiger partial charge in [-0.3, -0.25) is 4.79 Å². The van der Waals surface area contributed by atoms with E-state index in [1.807, 2.05) is 29.5 Å². The van der Waals surface area contributed by atoms with Crippen LogP contribution in [0.1, 0.15) is 56.8 Å². The summed E-state index contributed by atoms with van der Waals surface area (Å²) in [5.41, 5.74) is 0. The summed E-state index contributed by atoms with van der Waals surface area (Å²) in [6, 6.07) is -0.0495. The van der Waals surface area contributed by atoms with Gasteiger partial charge in [-0.15, -0.1) is 0 Å². The average Bonchev–Trinajstić information content (AvgIpc) is 3.23. The van der Waals surface area contributed by atoms with Gasteiger partial charge >= 0.3 is 0 Å². The van der Waals surface area contributed by atoms with Gasteiger partial charge in [-0.2, -0.15) is 4.98 Å². The fraction of sp³-hybridized carbons (Fsp3) is 0.600. The Balaban J connectivity index is 1.65. The Kier molecular flexibility index (Phi) is 4.22. The van der Waals surface area contributed by atoms with E-state index in [-0.39, 0.29) is 17.9 Å². The summed E-state index contributed by atoms with van der Waals surface area (Å²) < 4.78 is 7.18. The van der Waals surface area contributed by atoms with Gasteiger partial charge in [-0.25, -0.2) is 4.98 Å². The van der Waals surface area contributed by atoms with Crippen LogP contribution in [0, 0.1) is 0 Å². The maximum Gasteiger partial charge on any atom is 0.229 e. The molecule has 0 saturated carbocycles. The summed E-state index contributed by atoms with van der Waals surface area (Å²) >= 11 is 0. The van der Waals surface area contributed by atoms with Crippen molar-refractivity contribution >= 4 is 5.91 Å². The third-order valence-electron chi connectivity index (χ3n) is 3.97. The molecule has 1 amide bonds. The van der Waals surface area contributed by atoms with Crippen LogP contribution in [0.25, 0.3) is 0 Å². The van der Waals surface area contributed by atoms with Gasteiger partial charge in [0.15, 0.2) is 5.82 Å². The number of amides is 1. The first-order valence-corrected chi connectivity index (χ1v) is 7.74. The van der Waals surface area contributed by atoms with Gasteiger partial charge < -0.3 is 14.0 Å². The number of carbonyl (C=O) groups excluding carboxylic acids is 1. The Hall–Kier alpha value is -2.18. The van der Waals surface area contributed by atoms with Crippen LogP contribution < -0.4 is 0 Å². The molecule has 1 atom stereocenters. The second-order valence-electron chi connectivity index (χ2n) is 5.94. The third-order valence-corrected chi connectivity index (χ3v) is 3.97. The van der Waals surface area contributed by atoms with Crippen molar-refractivity contribution in [3.8, 4) is 0 Å². The molecule has 2 aromatic rings. The smallest absolute Gasteiger partial charge is 0.229 e. The van der Waals surface area contributed by atoms with Crippen LogP contribution in [0.2, 0.25) is 0 Å². The van der Waals surface area contributed by atoms with Crippen LogP contribution in [0.5, 0.6) is 0 Å². The highest BCUT2D eigenvalue weighted by atomic mass is 16.5. The first-order chi connectivity index (χ1) is 10.6. The molecule has 22 heavy (non-hydrogen) atoms. The van der Waals surface area contributed by atoms with Crippen LogP contribution in [-0.2, 0) is 11.3 Å². The summed E-state index contributed by atoms with van der Waals surface area (Å²) in [6.07, 6.45) is 7.64. The highest BCUT2D eigenvalue weighted by molar-refractivity contribution is 5.76. The number of imidazole rings is 1. The van der Waals surface area contributed by atoms with E-state index in [0.29, 0.717) is 24.7 Å². The second-order valence-corrected chi connectivity index (χ2v) is 5.94. The normalized spacial score (nSPS) is 18.3. The number of aromatic nitrogens is 4. The lowest BCUT2D eigenvalue weighted by atomic mass is 10.2. The maximum absolute atomic E-state index is 12.5. The van der Waals surface area contributed by atoms with E-state index in [1.54, 1.807) is 12.5 Å². The second kappa shape index (κ2) is 6.29. The quantitative estimate of drug-likeness (QED) is 0.845. The zero-order chi connectivity index (χ0) is 15.5. The van der Waals surface area contributed by atoms with E-state index in [0.717, 1.165) is 19.4 Å². The minimum atomic E-state index is -0.0495. The molecule has 0 bridgehead atoms. The van der Waals surface area contributed by atoms with Crippen molar-refractivity contribution < 1.29 is 9.32 Å². The van der Waals surface area contributed by atoms with E-state index < -0.39 is 0 Å². The zero-order valence-corrected chi connectivity index (χ0v) is 13.0. The van der Waals surface area contributed by atoms with Crippen molar-refractivity contribution in [3.05, 3.63) is 30.4 Å². The van der Waals surface area contributed by atoms with Crippen LogP contribution in [-0.4, -0.2) is 37.0 Å². The number of hydrogen-bond donors (Lipinski definition) is 0. The van der Waals surface area contributed by atoms with Gasteiger partial charge in [0.2, 0.25) is 11.8 Å². The lowest BCUT2D eigenvalue weighted by Gasteiger charge is -2.22. The predicted molar refractivity (Wildman–Crippen MR) is 78.9 cm³/mol. The molecule has 7 nitrogen and oxygen atoms in total. The summed E-state index contributed by atoms with van der Waals surface area (Å²) in [5, 5.41) is 4.07. The zero-order valence-electron chi connectivity index (χ0n) is 13.0. The number of likely N-dealkylation sites (tertiary alicyclic amines) is 1. The lowest BCUT2D eigenvalue weighted by Crippen LogP contribution is -2.31. The van der Waals surface area contributed by atoms with Gasteiger partial charge in [-0.1, -0.05) is 19.0 Å². The van der Waals surface area contributed by atoms with E-state index in [1.165, 1.54) is 0 Å². The number of rotatable bonds is 5. The average molecular weight is 303 g/mol. The van der Waals surface area contributed by atoms with Gasteiger partial charge in [0.25, 0.3) is 0 Å². The largest absolute Gasteiger partial charge is 0.339 e. The minimum Gasteiger partial charge on any atom is -0.339 e. The van der Waals surface area contributed by atoms with Crippen molar-refractivity contribution in [2.45, 2.75) is 51.6 Å². The molecule has 3 heterocycles. The lowest BCUT2D eigenvalue weighted by molar-refractivity contribution is -0.132. The van der Waals surface area contributed by atoms with Crippen LogP contribution >= 0.6 is 0 Å². The molecule has 1 saturated heterocycles. The van der Waals surface area contributed by atoms with E-state index in [2.05, 4.69) is 15.1 Å². The summed E-state index contributed by atoms with van der Waals surface area (Å²) in [4.78, 5) is 22.8. The fourth-order valence-corrected chi connectivity index (χ4v) is 2.74. The van der Waals surface area contributed by atoms with E-state index >= 15 is 0 Å². The van der Waals surface area contributed by atoms with Gasteiger partial charge in [-0.05, 0) is 12.8 Å². The molecular weight excluding hydrogens is 282 g/mol. The monoisotopic (exact) mass is 303 g/mol. The third kappa shape index (κ3) is 3.03. The molecule has 0 N–H and O–H groups in total. The van der Waals surface area contributed by atoms with Gasteiger partial charge in [0, 0.05) is 37.8 Å². The Morgan fingerprint density at radius 3 is 3.05 bits per heavy atom. The summed E-state index contributed by atoms with van der Waals surface area (Å²) in [5.74, 6) is 1.60. The van der Waals surface area contributed by atoms with Gasteiger partial charge in [0.1, 0.15) is 0 Å². The number of hydrogen-bond acceptors (Lipinski definition) is 5. The molecule has 0 spiro atoms. The van der Waals surface area contributed by atoms with Crippen molar-refractivity contribution in [1.82, 2.24) is 24.6 Å². The molecule has 2 aromatic heterocycles. The van der Waals surface area contributed by atoms with E-state index in [9.17, 15) is 4.79 Å². The molecule has 0 aliphatic carbocycles. The minimum absolute atomic E-state index is 0.0495. The first-order valence-electron chi connectivity index (χ1n) is 7.74. The Morgan fingerprint density at radius 2 is 2.36 bits per heavy atom. The van der Waals surface area contributed by atoms with Crippen molar-refractivity contribution in [2.75, 3.05) is 6.54 Å². The fourth-order valence-electron chi connectivity index (χ4n) is 2.74. The molecule has 3 rings (SSSR count). The van der Waals surface area contributed by atoms with Crippen LogP contribution in [0.15, 0.2) is 23.2 Å². The Labute approximate surface area is 129 Å². The molecule has 0 unspecified atom stereocenters. The topological polar surface area (TPSA) is 77.1 Å². The molecule has 118 valence electrons.